The van der Waals surface area contributed by atoms with Crippen LogP contribution in [0.1, 0.15) is 19.0 Å². The molecule has 1 aliphatic rings. The van der Waals surface area contributed by atoms with Crippen molar-refractivity contribution in [2.75, 3.05) is 5.75 Å². The van der Waals surface area contributed by atoms with Crippen LogP contribution in [0.2, 0.25) is 0 Å². The minimum atomic E-state index is 0.648. The first-order valence-electron chi connectivity index (χ1n) is 4.96. The lowest BCUT2D eigenvalue weighted by Gasteiger charge is -2.15. The molecule has 3 nitrogen and oxygen atoms in total. The van der Waals surface area contributed by atoms with Crippen molar-refractivity contribution in [3.63, 3.8) is 0 Å². The zero-order valence-corrected chi connectivity index (χ0v) is 9.13. The lowest BCUT2D eigenvalue weighted by Crippen LogP contribution is -2.33. The smallest absolute Gasteiger partial charge is 0.115 e. The van der Waals surface area contributed by atoms with E-state index in [1.807, 2.05) is 17.8 Å². The molecule has 0 saturated carbocycles. The van der Waals surface area contributed by atoms with Crippen LogP contribution in [0.3, 0.4) is 0 Å². The molecule has 0 aliphatic carbocycles. The highest BCUT2D eigenvalue weighted by Crippen LogP contribution is 2.26. The molecule has 2 atom stereocenters. The fraction of sp³-hybridized carbons (Fsp3) is 0.600. The monoisotopic (exact) mass is 209 g/mol. The van der Waals surface area contributed by atoms with E-state index in [0.717, 1.165) is 17.5 Å². The van der Waals surface area contributed by atoms with Gasteiger partial charge in [0.1, 0.15) is 6.33 Å². The Morgan fingerprint density at radius 2 is 2.57 bits per heavy atom. The summed E-state index contributed by atoms with van der Waals surface area (Å²) in [5.74, 6) is 1.28. The van der Waals surface area contributed by atoms with E-state index >= 15 is 0 Å². The van der Waals surface area contributed by atoms with Gasteiger partial charge in [0.05, 0.1) is 5.69 Å². The number of thioether (sulfide) groups is 1. The van der Waals surface area contributed by atoms with Gasteiger partial charge in [-0.3, -0.25) is 0 Å². The second-order valence-corrected chi connectivity index (χ2v) is 5.04. The third kappa shape index (κ3) is 2.45. The molecule has 2 unspecified atom stereocenters. The molecular formula is C10H15N3S. The molecule has 1 aromatic heterocycles. The lowest BCUT2D eigenvalue weighted by molar-refractivity contribution is 0.508. The molecule has 1 saturated heterocycles. The Balaban J connectivity index is 1.82. The summed E-state index contributed by atoms with van der Waals surface area (Å²) in [4.78, 5) is 8.08. The summed E-state index contributed by atoms with van der Waals surface area (Å²) in [7, 11) is 0. The molecule has 2 rings (SSSR count). The molecule has 0 bridgehead atoms. The Labute approximate surface area is 88.7 Å². The van der Waals surface area contributed by atoms with Crippen LogP contribution in [0.25, 0.3) is 0 Å². The fourth-order valence-electron chi connectivity index (χ4n) is 1.66. The van der Waals surface area contributed by atoms with E-state index in [1.165, 1.54) is 12.2 Å². The molecule has 1 N–H and O–H groups in total. The van der Waals surface area contributed by atoms with Gasteiger partial charge in [-0.15, -0.1) is 0 Å². The van der Waals surface area contributed by atoms with Crippen LogP contribution in [0.15, 0.2) is 18.6 Å². The molecule has 1 fully saturated rings. The van der Waals surface area contributed by atoms with Crippen molar-refractivity contribution < 1.29 is 0 Å². The summed E-state index contributed by atoms with van der Waals surface area (Å²) >= 11 is 2.05. The molecule has 4 heteroatoms. The predicted molar refractivity (Wildman–Crippen MR) is 59.2 cm³/mol. The van der Waals surface area contributed by atoms with Crippen molar-refractivity contribution in [3.05, 3.63) is 24.3 Å². The second-order valence-electron chi connectivity index (χ2n) is 3.55. The molecule has 1 aromatic rings. The van der Waals surface area contributed by atoms with Gasteiger partial charge in [-0.25, -0.2) is 9.97 Å². The first-order chi connectivity index (χ1) is 6.86. The van der Waals surface area contributed by atoms with Gasteiger partial charge in [-0.05, 0) is 18.2 Å². The van der Waals surface area contributed by atoms with Gasteiger partial charge in [-0.1, -0.05) is 6.92 Å². The number of nitrogens with zero attached hydrogens (tertiary/aromatic N) is 2. The summed E-state index contributed by atoms with van der Waals surface area (Å²) in [6.45, 7) is 3.15. The van der Waals surface area contributed by atoms with Crippen LogP contribution >= 0.6 is 11.8 Å². The minimum absolute atomic E-state index is 0.648. The van der Waals surface area contributed by atoms with Gasteiger partial charge in [0.15, 0.2) is 0 Å². The van der Waals surface area contributed by atoms with Gasteiger partial charge >= 0.3 is 0 Å². The highest BCUT2D eigenvalue weighted by molar-refractivity contribution is 8.00. The molecule has 0 amide bonds. The predicted octanol–water partition coefficient (Wildman–Crippen LogP) is 1.46. The van der Waals surface area contributed by atoms with Crippen molar-refractivity contribution in [2.24, 2.45) is 0 Å². The first-order valence-corrected chi connectivity index (χ1v) is 6.01. The van der Waals surface area contributed by atoms with E-state index in [4.69, 9.17) is 0 Å². The van der Waals surface area contributed by atoms with Crippen molar-refractivity contribution in [1.29, 1.82) is 0 Å². The maximum absolute atomic E-state index is 4.18. The maximum atomic E-state index is 4.18. The zero-order valence-electron chi connectivity index (χ0n) is 8.31. The van der Waals surface area contributed by atoms with Gasteiger partial charge in [0.2, 0.25) is 0 Å². The molecule has 0 radical (unpaired) electrons. The van der Waals surface area contributed by atoms with Gasteiger partial charge in [-0.2, -0.15) is 11.8 Å². The van der Waals surface area contributed by atoms with Crippen LogP contribution in [-0.4, -0.2) is 27.0 Å². The largest absolute Gasteiger partial charge is 0.307 e. The summed E-state index contributed by atoms with van der Waals surface area (Å²) < 4.78 is 0. The number of aromatic nitrogens is 2. The van der Waals surface area contributed by atoms with Crippen molar-refractivity contribution in [2.45, 2.75) is 31.2 Å². The molecule has 14 heavy (non-hydrogen) atoms. The fourth-order valence-corrected chi connectivity index (χ4v) is 2.88. The lowest BCUT2D eigenvalue weighted by atomic mass is 10.2. The summed E-state index contributed by atoms with van der Waals surface area (Å²) in [6, 6.07) is 2.61. The first kappa shape index (κ1) is 9.93. The molecule has 0 spiro atoms. The Morgan fingerprint density at radius 1 is 1.64 bits per heavy atom. The highest BCUT2D eigenvalue weighted by atomic mass is 32.2. The third-order valence-electron chi connectivity index (χ3n) is 2.56. The zero-order chi connectivity index (χ0) is 9.80. The summed E-state index contributed by atoms with van der Waals surface area (Å²) in [5, 5.41) is 4.27. The van der Waals surface area contributed by atoms with E-state index in [-0.39, 0.29) is 0 Å². The summed E-state index contributed by atoms with van der Waals surface area (Å²) in [5.41, 5.74) is 1.07. The molecular weight excluding hydrogens is 194 g/mol. The third-order valence-corrected chi connectivity index (χ3v) is 3.89. The highest BCUT2D eigenvalue weighted by Gasteiger charge is 2.22. The summed E-state index contributed by atoms with van der Waals surface area (Å²) in [6.07, 6.45) is 4.66. The van der Waals surface area contributed by atoms with E-state index < -0.39 is 0 Å². The van der Waals surface area contributed by atoms with Gasteiger partial charge < -0.3 is 5.32 Å². The maximum Gasteiger partial charge on any atom is 0.115 e. The Kier molecular flexibility index (Phi) is 3.37. The average Bonchev–Trinajstić information content (AvgIpc) is 2.63. The second kappa shape index (κ2) is 4.75. The molecule has 1 aliphatic heterocycles. The minimum Gasteiger partial charge on any atom is -0.307 e. The van der Waals surface area contributed by atoms with E-state index in [2.05, 4.69) is 22.2 Å². The number of hydrogen-bond acceptors (Lipinski definition) is 4. The standard InChI is InChI=1S/C10H15N3S/c1-8-10(3-5-14-8)12-6-9-2-4-11-7-13-9/h2,4,7-8,10,12H,3,5-6H2,1H3. The SMILES string of the molecule is CC1SCCC1NCc1ccncn1. The number of nitrogens with one attached hydrogen (secondary N) is 1. The molecule has 0 aromatic carbocycles. The molecule has 76 valence electrons. The normalized spacial score (nSPS) is 26.6. The van der Waals surface area contributed by atoms with E-state index in [1.54, 1.807) is 12.5 Å². The number of rotatable bonds is 3. The van der Waals surface area contributed by atoms with E-state index in [9.17, 15) is 0 Å². The van der Waals surface area contributed by atoms with Gasteiger partial charge in [0.25, 0.3) is 0 Å². The van der Waals surface area contributed by atoms with Crippen LogP contribution in [-0.2, 0) is 6.54 Å². The van der Waals surface area contributed by atoms with E-state index in [0.29, 0.717) is 6.04 Å². The van der Waals surface area contributed by atoms with Crippen molar-refractivity contribution in [3.8, 4) is 0 Å². The van der Waals surface area contributed by atoms with Crippen LogP contribution in [0, 0.1) is 0 Å². The van der Waals surface area contributed by atoms with Gasteiger partial charge in [0, 0.05) is 24.0 Å². The van der Waals surface area contributed by atoms with Crippen molar-refractivity contribution >= 4 is 11.8 Å². The topological polar surface area (TPSA) is 37.8 Å². The Morgan fingerprint density at radius 3 is 3.21 bits per heavy atom. The molecule has 2 heterocycles. The quantitative estimate of drug-likeness (QED) is 0.818. The van der Waals surface area contributed by atoms with Crippen molar-refractivity contribution in [1.82, 2.24) is 15.3 Å². The van der Waals surface area contributed by atoms with Crippen LogP contribution in [0.5, 0.6) is 0 Å². The Bertz CT molecular complexity index is 278. The number of hydrogen-bond donors (Lipinski definition) is 1. The Hall–Kier alpha value is -0.610. The van der Waals surface area contributed by atoms with Crippen LogP contribution in [0.4, 0.5) is 0 Å². The average molecular weight is 209 g/mol. The van der Waals surface area contributed by atoms with Crippen LogP contribution < -0.4 is 5.32 Å².